The molecule has 5 heteroatoms. The van der Waals surface area contributed by atoms with E-state index < -0.39 is 5.41 Å². The lowest BCUT2D eigenvalue weighted by Crippen LogP contribution is -2.32. The number of para-hydroxylation sites is 5. The SMILES string of the molecule is c1ccc(-n2c3ccccc3c3cc(-c4ccc5c(c4)C4(c6cccnc6-c6ncccc64)c4cccc(-c6ccc7c(c6)c6ccccc6n7-c6ccccc6)c4O5)ccc32)cc1. The van der Waals surface area contributed by atoms with Gasteiger partial charge in [-0.3, -0.25) is 9.97 Å². The first kappa shape index (κ1) is 35.1. The normalized spacial score (nSPS) is 13.2. The van der Waals surface area contributed by atoms with Crippen LogP contribution in [-0.2, 0) is 5.41 Å². The minimum Gasteiger partial charge on any atom is -0.456 e. The summed E-state index contributed by atoms with van der Waals surface area (Å²) in [5.41, 5.74) is 16.8. The maximum Gasteiger partial charge on any atom is 0.140 e. The molecule has 12 aromatic rings. The third kappa shape index (κ3) is 4.72. The van der Waals surface area contributed by atoms with Crippen molar-refractivity contribution < 1.29 is 4.74 Å². The molecule has 14 rings (SSSR count). The van der Waals surface area contributed by atoms with Crippen LogP contribution < -0.4 is 4.74 Å². The second kappa shape index (κ2) is 13.2. The zero-order chi connectivity index (χ0) is 41.9. The standard InChI is InChI=1S/C59H36N4O/c1-3-14-40(15-4-1)62-51-24-9-7-18-43(51)45-34-37(26-29-53(45)62)38-28-31-55-50(36-38)59(47-22-12-32-60-56(47)57-48(59)23-13-33-61-57)49-21-11-20-42(58(49)64-55)39-27-30-54-46(35-39)44-19-8-10-25-52(44)63(54)41-16-5-2-6-17-41/h1-36H. The molecule has 0 radical (unpaired) electrons. The Hall–Kier alpha value is -8.54. The molecule has 0 unspecified atom stereocenters. The van der Waals surface area contributed by atoms with Gasteiger partial charge in [0.2, 0.25) is 0 Å². The number of aromatic nitrogens is 4. The van der Waals surface area contributed by atoms with Gasteiger partial charge in [-0.25, -0.2) is 0 Å². The molecule has 1 aliphatic heterocycles. The van der Waals surface area contributed by atoms with Crippen LogP contribution in [0.5, 0.6) is 11.5 Å². The highest BCUT2D eigenvalue weighted by Crippen LogP contribution is 2.63. The van der Waals surface area contributed by atoms with Crippen molar-refractivity contribution in [2.24, 2.45) is 0 Å². The fraction of sp³-hybridized carbons (Fsp3) is 0.0169. The third-order valence-electron chi connectivity index (χ3n) is 13.7. The molecule has 298 valence electrons. The second-order valence-electron chi connectivity index (χ2n) is 16.9. The molecule has 5 heterocycles. The van der Waals surface area contributed by atoms with E-state index in [-0.39, 0.29) is 0 Å². The highest BCUT2D eigenvalue weighted by atomic mass is 16.5. The van der Waals surface area contributed by atoms with E-state index in [4.69, 9.17) is 14.7 Å². The first-order valence-corrected chi connectivity index (χ1v) is 21.8. The summed E-state index contributed by atoms with van der Waals surface area (Å²) in [6.45, 7) is 0. The van der Waals surface area contributed by atoms with Crippen molar-refractivity contribution in [2.75, 3.05) is 0 Å². The monoisotopic (exact) mass is 816 g/mol. The Bertz CT molecular complexity index is 3830. The first-order chi connectivity index (χ1) is 31.8. The highest BCUT2D eigenvalue weighted by molar-refractivity contribution is 6.12. The molecule has 0 amide bonds. The number of fused-ring (bicyclic) bond motifs is 15. The molecule has 64 heavy (non-hydrogen) atoms. The van der Waals surface area contributed by atoms with Gasteiger partial charge in [-0.15, -0.1) is 0 Å². The summed E-state index contributed by atoms with van der Waals surface area (Å²) in [5, 5.41) is 4.84. The van der Waals surface area contributed by atoms with Crippen molar-refractivity contribution in [3.63, 3.8) is 0 Å². The van der Waals surface area contributed by atoms with Crippen molar-refractivity contribution in [3.8, 4) is 56.5 Å². The zero-order valence-electron chi connectivity index (χ0n) is 34.5. The van der Waals surface area contributed by atoms with E-state index in [0.717, 1.165) is 84.3 Å². The van der Waals surface area contributed by atoms with Crippen LogP contribution in [0.4, 0.5) is 0 Å². The number of hydrogen-bond donors (Lipinski definition) is 0. The van der Waals surface area contributed by atoms with E-state index in [1.54, 1.807) is 0 Å². The van der Waals surface area contributed by atoms with Gasteiger partial charge in [0.1, 0.15) is 11.5 Å². The van der Waals surface area contributed by atoms with Gasteiger partial charge in [-0.2, -0.15) is 0 Å². The van der Waals surface area contributed by atoms with Crippen LogP contribution in [0.3, 0.4) is 0 Å². The number of hydrogen-bond acceptors (Lipinski definition) is 3. The van der Waals surface area contributed by atoms with E-state index in [2.05, 4.69) is 215 Å². The molecule has 0 atom stereocenters. The first-order valence-electron chi connectivity index (χ1n) is 21.8. The number of nitrogens with zero attached hydrogens (tertiary/aromatic N) is 4. The lowest BCUT2D eigenvalue weighted by atomic mass is 9.65. The Labute approximate surface area is 368 Å². The van der Waals surface area contributed by atoms with Crippen molar-refractivity contribution >= 4 is 43.6 Å². The lowest BCUT2D eigenvalue weighted by Gasteiger charge is -2.40. The van der Waals surface area contributed by atoms with Gasteiger partial charge in [0.05, 0.1) is 38.9 Å². The van der Waals surface area contributed by atoms with Crippen LogP contribution in [0, 0.1) is 0 Å². The molecule has 2 aliphatic rings. The quantitative estimate of drug-likeness (QED) is 0.178. The maximum atomic E-state index is 7.28. The number of pyridine rings is 2. The topological polar surface area (TPSA) is 44.9 Å². The Morgan fingerprint density at radius 1 is 0.359 bits per heavy atom. The average Bonchev–Trinajstić information content (AvgIpc) is 3.98. The Balaban J connectivity index is 0.993. The molecule has 4 aromatic heterocycles. The van der Waals surface area contributed by atoms with E-state index in [0.29, 0.717) is 0 Å². The van der Waals surface area contributed by atoms with Crippen LogP contribution in [0.25, 0.3) is 88.6 Å². The van der Waals surface area contributed by atoms with Gasteiger partial charge in [0.25, 0.3) is 0 Å². The molecule has 0 N–H and O–H groups in total. The Kier molecular flexibility index (Phi) is 7.26. The molecule has 8 aromatic carbocycles. The van der Waals surface area contributed by atoms with Crippen molar-refractivity contribution in [1.29, 1.82) is 0 Å². The smallest absolute Gasteiger partial charge is 0.140 e. The van der Waals surface area contributed by atoms with E-state index >= 15 is 0 Å². The molecule has 1 aliphatic carbocycles. The largest absolute Gasteiger partial charge is 0.456 e. The summed E-state index contributed by atoms with van der Waals surface area (Å²) in [6, 6.07) is 74.3. The summed E-state index contributed by atoms with van der Waals surface area (Å²) in [5.74, 6) is 1.66. The summed E-state index contributed by atoms with van der Waals surface area (Å²) in [6.07, 6.45) is 3.76. The number of ether oxygens (including phenoxy) is 1. The Morgan fingerprint density at radius 3 is 1.48 bits per heavy atom. The van der Waals surface area contributed by atoms with Gasteiger partial charge in [0, 0.05) is 62.0 Å². The van der Waals surface area contributed by atoms with E-state index in [9.17, 15) is 0 Å². The molecule has 0 bridgehead atoms. The summed E-state index contributed by atoms with van der Waals surface area (Å²) >= 11 is 0. The number of benzene rings is 8. The van der Waals surface area contributed by atoms with Crippen LogP contribution >= 0.6 is 0 Å². The molecular weight excluding hydrogens is 781 g/mol. The summed E-state index contributed by atoms with van der Waals surface area (Å²) in [7, 11) is 0. The van der Waals surface area contributed by atoms with Gasteiger partial charge >= 0.3 is 0 Å². The summed E-state index contributed by atoms with van der Waals surface area (Å²) in [4.78, 5) is 10.1. The van der Waals surface area contributed by atoms with Gasteiger partial charge < -0.3 is 13.9 Å². The van der Waals surface area contributed by atoms with Crippen molar-refractivity contribution in [1.82, 2.24) is 19.1 Å². The second-order valence-corrected chi connectivity index (χ2v) is 16.9. The minimum atomic E-state index is -0.747. The zero-order valence-corrected chi connectivity index (χ0v) is 34.5. The minimum absolute atomic E-state index is 0.747. The predicted molar refractivity (Wildman–Crippen MR) is 259 cm³/mol. The van der Waals surface area contributed by atoms with Crippen LogP contribution in [0.1, 0.15) is 22.3 Å². The van der Waals surface area contributed by atoms with Gasteiger partial charge in [-0.1, -0.05) is 121 Å². The molecule has 0 saturated carbocycles. The lowest BCUT2D eigenvalue weighted by molar-refractivity contribution is 0.438. The van der Waals surface area contributed by atoms with Crippen LogP contribution in [-0.4, -0.2) is 19.1 Å². The fourth-order valence-electron chi connectivity index (χ4n) is 11.0. The highest BCUT2D eigenvalue weighted by Gasteiger charge is 2.53. The van der Waals surface area contributed by atoms with Crippen LogP contribution in [0.2, 0.25) is 0 Å². The van der Waals surface area contributed by atoms with Gasteiger partial charge in [-0.05, 0) is 113 Å². The predicted octanol–water partition coefficient (Wildman–Crippen LogP) is 14.5. The third-order valence-corrected chi connectivity index (χ3v) is 13.7. The number of rotatable bonds is 4. The van der Waals surface area contributed by atoms with Crippen LogP contribution in [0.15, 0.2) is 219 Å². The van der Waals surface area contributed by atoms with E-state index in [1.807, 2.05) is 12.4 Å². The van der Waals surface area contributed by atoms with E-state index in [1.165, 1.54) is 38.1 Å². The Morgan fingerprint density at radius 2 is 0.859 bits per heavy atom. The molecule has 0 fully saturated rings. The molecule has 1 spiro atoms. The average molecular weight is 817 g/mol. The summed E-state index contributed by atoms with van der Waals surface area (Å²) < 4.78 is 12.0. The fourth-order valence-corrected chi connectivity index (χ4v) is 11.0. The van der Waals surface area contributed by atoms with Gasteiger partial charge in [0.15, 0.2) is 0 Å². The molecule has 0 saturated heterocycles. The maximum absolute atomic E-state index is 7.28. The van der Waals surface area contributed by atoms with Crippen molar-refractivity contribution in [2.45, 2.75) is 5.41 Å². The van der Waals surface area contributed by atoms with Crippen molar-refractivity contribution in [3.05, 3.63) is 241 Å². The molecular formula is C59H36N4O. The molecule has 5 nitrogen and oxygen atoms in total.